The molecule has 0 aromatic rings. The number of urea groups is 1. The van der Waals surface area contributed by atoms with Crippen LogP contribution in [0.2, 0.25) is 0 Å². The number of nitrogens with two attached hydrogens (primary N) is 1. The van der Waals surface area contributed by atoms with Gasteiger partial charge in [-0.25, -0.2) is 9.59 Å². The van der Waals surface area contributed by atoms with Gasteiger partial charge in [0.05, 0.1) is 0 Å². The number of hydrogen-bond donors (Lipinski definition) is 1. The van der Waals surface area contributed by atoms with Gasteiger partial charge >= 0.3 is 12.1 Å². The molecule has 0 aliphatic carbocycles. The number of primary amides is 1. The molecule has 0 bridgehead atoms. The molecular formula is C12H24N4O3. The van der Waals surface area contributed by atoms with Crippen molar-refractivity contribution in [3.05, 3.63) is 0 Å². The fraction of sp³-hybridized carbons (Fsp3) is 0.833. The van der Waals surface area contributed by atoms with E-state index >= 15 is 0 Å². The summed E-state index contributed by atoms with van der Waals surface area (Å²) in [5, 5.41) is 0. The highest BCUT2D eigenvalue weighted by Crippen LogP contribution is 2.03. The largest absolute Gasteiger partial charge is 0.448 e. The van der Waals surface area contributed by atoms with Crippen LogP contribution in [0.1, 0.15) is 13.8 Å². The molecule has 110 valence electrons. The first-order chi connectivity index (χ1) is 9.08. The molecule has 0 aromatic carbocycles. The summed E-state index contributed by atoms with van der Waals surface area (Å²) in [5.74, 6) is 0. The van der Waals surface area contributed by atoms with Crippen molar-refractivity contribution in [3.8, 4) is 0 Å². The Morgan fingerprint density at radius 2 is 1.63 bits per heavy atom. The van der Waals surface area contributed by atoms with Gasteiger partial charge in [0, 0.05) is 32.7 Å². The number of piperazine rings is 1. The molecule has 0 atom stereocenters. The zero-order valence-corrected chi connectivity index (χ0v) is 11.8. The summed E-state index contributed by atoms with van der Waals surface area (Å²) in [4.78, 5) is 28.1. The van der Waals surface area contributed by atoms with Crippen molar-refractivity contribution < 1.29 is 14.3 Å². The van der Waals surface area contributed by atoms with E-state index in [0.29, 0.717) is 32.8 Å². The lowest BCUT2D eigenvalue weighted by molar-refractivity contribution is 0.0752. The second-order valence-corrected chi connectivity index (χ2v) is 4.45. The minimum Gasteiger partial charge on any atom is -0.448 e. The number of hydrogen-bond acceptors (Lipinski definition) is 4. The van der Waals surface area contributed by atoms with Crippen molar-refractivity contribution in [1.82, 2.24) is 14.7 Å². The third-order valence-corrected chi connectivity index (χ3v) is 3.38. The second-order valence-electron chi connectivity index (χ2n) is 4.45. The Kier molecular flexibility index (Phi) is 6.41. The first-order valence-corrected chi connectivity index (χ1v) is 6.76. The molecule has 1 aliphatic rings. The normalized spacial score (nSPS) is 15.7. The topological polar surface area (TPSA) is 79.1 Å². The molecule has 0 radical (unpaired) electrons. The quantitative estimate of drug-likeness (QED) is 0.773. The maximum Gasteiger partial charge on any atom is 0.409 e. The van der Waals surface area contributed by atoms with Crippen LogP contribution in [0.15, 0.2) is 0 Å². The molecule has 1 heterocycles. The number of carbonyl (C=O) groups excluding carboxylic acids is 2. The van der Waals surface area contributed by atoms with E-state index in [1.165, 1.54) is 4.90 Å². The van der Waals surface area contributed by atoms with Crippen molar-refractivity contribution in [2.75, 3.05) is 52.4 Å². The lowest BCUT2D eigenvalue weighted by Gasteiger charge is -2.33. The van der Waals surface area contributed by atoms with Crippen molar-refractivity contribution >= 4 is 12.1 Å². The molecule has 7 nitrogen and oxygen atoms in total. The molecule has 0 spiro atoms. The Morgan fingerprint density at radius 3 is 2.11 bits per heavy atom. The first-order valence-electron chi connectivity index (χ1n) is 6.76. The molecule has 7 heteroatoms. The lowest BCUT2D eigenvalue weighted by atomic mass is 10.3. The summed E-state index contributed by atoms with van der Waals surface area (Å²) in [5.41, 5.74) is 5.18. The van der Waals surface area contributed by atoms with Crippen LogP contribution in [-0.2, 0) is 4.74 Å². The number of carbonyl (C=O) groups is 2. The minimum absolute atomic E-state index is 0.309. The van der Waals surface area contributed by atoms with E-state index in [1.54, 1.807) is 4.90 Å². The fourth-order valence-corrected chi connectivity index (χ4v) is 2.00. The molecule has 3 amide bonds. The van der Waals surface area contributed by atoms with Crippen LogP contribution in [-0.4, -0.2) is 79.2 Å². The zero-order chi connectivity index (χ0) is 14.3. The average molecular weight is 272 g/mol. The van der Waals surface area contributed by atoms with Crippen molar-refractivity contribution in [1.29, 1.82) is 0 Å². The smallest absolute Gasteiger partial charge is 0.409 e. The van der Waals surface area contributed by atoms with Gasteiger partial charge in [-0.15, -0.1) is 0 Å². The summed E-state index contributed by atoms with van der Waals surface area (Å²) in [6.07, 6.45) is -0.309. The predicted octanol–water partition coefficient (Wildman–Crippen LogP) is 0.161. The van der Waals surface area contributed by atoms with Gasteiger partial charge in [0.1, 0.15) is 6.61 Å². The van der Waals surface area contributed by atoms with Crippen LogP contribution in [0.5, 0.6) is 0 Å². The standard InChI is InChI=1S/C12H24N4O3/c1-3-14(4-2)9-10-19-12(18)16-7-5-15(6-8-16)11(13)17/h3-10H2,1-2H3,(H2,13,17). The van der Waals surface area contributed by atoms with E-state index in [4.69, 9.17) is 10.5 Å². The van der Waals surface area contributed by atoms with Crippen LogP contribution in [0.4, 0.5) is 9.59 Å². The summed E-state index contributed by atoms with van der Waals surface area (Å²) in [7, 11) is 0. The minimum atomic E-state index is -0.436. The van der Waals surface area contributed by atoms with E-state index in [9.17, 15) is 9.59 Å². The van der Waals surface area contributed by atoms with Crippen LogP contribution in [0.25, 0.3) is 0 Å². The Bertz CT molecular complexity index is 299. The Hall–Kier alpha value is -1.50. The number of nitrogens with zero attached hydrogens (tertiary/aromatic N) is 3. The Labute approximate surface area is 114 Å². The van der Waals surface area contributed by atoms with Crippen molar-refractivity contribution in [2.45, 2.75) is 13.8 Å². The lowest BCUT2D eigenvalue weighted by Crippen LogP contribution is -2.52. The molecule has 0 saturated carbocycles. The molecule has 1 saturated heterocycles. The van der Waals surface area contributed by atoms with Crippen molar-refractivity contribution in [2.24, 2.45) is 5.73 Å². The number of ether oxygens (including phenoxy) is 1. The molecule has 2 N–H and O–H groups in total. The van der Waals surface area contributed by atoms with E-state index in [0.717, 1.165) is 19.6 Å². The number of rotatable bonds is 5. The first kappa shape index (κ1) is 15.6. The van der Waals surface area contributed by atoms with E-state index in [2.05, 4.69) is 18.7 Å². The highest BCUT2D eigenvalue weighted by Gasteiger charge is 2.23. The van der Waals surface area contributed by atoms with Gasteiger partial charge in [-0.05, 0) is 13.1 Å². The monoisotopic (exact) mass is 272 g/mol. The van der Waals surface area contributed by atoms with Gasteiger partial charge in [0.15, 0.2) is 0 Å². The summed E-state index contributed by atoms with van der Waals surface area (Å²) in [6.45, 7) is 9.11. The van der Waals surface area contributed by atoms with Gasteiger partial charge in [-0.1, -0.05) is 13.8 Å². The highest BCUT2D eigenvalue weighted by atomic mass is 16.6. The van der Waals surface area contributed by atoms with Gasteiger partial charge in [0.2, 0.25) is 0 Å². The number of amides is 3. The van der Waals surface area contributed by atoms with Gasteiger partial charge in [-0.2, -0.15) is 0 Å². The van der Waals surface area contributed by atoms with Crippen LogP contribution in [0.3, 0.4) is 0 Å². The Balaban J connectivity index is 2.22. The number of likely N-dealkylation sites (N-methyl/N-ethyl adjacent to an activating group) is 1. The van der Waals surface area contributed by atoms with Crippen molar-refractivity contribution in [3.63, 3.8) is 0 Å². The third-order valence-electron chi connectivity index (χ3n) is 3.38. The second kappa shape index (κ2) is 7.83. The summed E-state index contributed by atoms with van der Waals surface area (Å²) < 4.78 is 5.22. The van der Waals surface area contributed by atoms with E-state index in [1.807, 2.05) is 0 Å². The molecular weight excluding hydrogens is 248 g/mol. The molecule has 19 heavy (non-hydrogen) atoms. The maximum atomic E-state index is 11.8. The average Bonchev–Trinajstić information content (AvgIpc) is 2.43. The highest BCUT2D eigenvalue weighted by molar-refractivity contribution is 5.73. The fourth-order valence-electron chi connectivity index (χ4n) is 2.00. The Morgan fingerprint density at radius 1 is 1.11 bits per heavy atom. The van der Waals surface area contributed by atoms with E-state index < -0.39 is 6.03 Å². The van der Waals surface area contributed by atoms with Crippen LogP contribution in [0, 0.1) is 0 Å². The van der Waals surface area contributed by atoms with Gasteiger partial charge in [0.25, 0.3) is 0 Å². The third kappa shape index (κ3) is 4.94. The zero-order valence-electron chi connectivity index (χ0n) is 11.8. The van der Waals surface area contributed by atoms with Gasteiger partial charge in [-0.3, -0.25) is 0 Å². The van der Waals surface area contributed by atoms with Gasteiger partial charge < -0.3 is 25.2 Å². The molecule has 1 aliphatic heterocycles. The van der Waals surface area contributed by atoms with E-state index in [-0.39, 0.29) is 6.09 Å². The molecule has 0 aromatic heterocycles. The molecule has 1 rings (SSSR count). The molecule has 1 fully saturated rings. The summed E-state index contributed by atoms with van der Waals surface area (Å²) in [6, 6.07) is -0.436. The van der Waals surface area contributed by atoms with Crippen LogP contribution < -0.4 is 5.73 Å². The van der Waals surface area contributed by atoms with Crippen LogP contribution >= 0.6 is 0 Å². The predicted molar refractivity (Wildman–Crippen MR) is 71.9 cm³/mol. The summed E-state index contributed by atoms with van der Waals surface area (Å²) >= 11 is 0. The maximum absolute atomic E-state index is 11.8. The molecule has 0 unspecified atom stereocenters. The SMILES string of the molecule is CCN(CC)CCOC(=O)N1CCN(C(N)=O)CC1.